The Morgan fingerprint density at radius 1 is 1.17 bits per heavy atom. The molecule has 2 aromatic rings. The van der Waals surface area contributed by atoms with Crippen LogP contribution in [0.15, 0.2) is 30.5 Å². The normalized spacial score (nSPS) is 20.8. The van der Waals surface area contributed by atoms with Gasteiger partial charge in [-0.15, -0.1) is 0 Å². The Morgan fingerprint density at radius 2 is 2.04 bits per heavy atom. The highest BCUT2D eigenvalue weighted by Crippen LogP contribution is 2.32. The van der Waals surface area contributed by atoms with Crippen molar-refractivity contribution < 1.29 is 9.47 Å². The molecule has 0 radical (unpaired) electrons. The Bertz CT molecular complexity index is 720. The van der Waals surface area contributed by atoms with E-state index in [1.165, 1.54) is 24.1 Å². The van der Waals surface area contributed by atoms with E-state index in [9.17, 15) is 0 Å². The summed E-state index contributed by atoms with van der Waals surface area (Å²) in [4.78, 5) is 11.3. The number of rotatable bonds is 3. The molecule has 1 aromatic carbocycles. The van der Waals surface area contributed by atoms with Gasteiger partial charge >= 0.3 is 0 Å². The number of nitrogens with zero attached hydrogens (tertiary/aromatic N) is 3. The molecule has 126 valence electrons. The van der Waals surface area contributed by atoms with E-state index < -0.39 is 0 Å². The number of likely N-dealkylation sites (tertiary alicyclic amines) is 1. The SMILES string of the molecule is Cc1nccc([C@H]2CCCN(Cc3ccc4c(c3)OCCO4)C2)n1. The van der Waals surface area contributed by atoms with E-state index in [1.54, 1.807) is 0 Å². The van der Waals surface area contributed by atoms with Crippen LogP contribution in [-0.2, 0) is 6.54 Å². The van der Waals surface area contributed by atoms with Gasteiger partial charge in [0.15, 0.2) is 11.5 Å². The topological polar surface area (TPSA) is 47.5 Å². The van der Waals surface area contributed by atoms with E-state index in [4.69, 9.17) is 9.47 Å². The summed E-state index contributed by atoms with van der Waals surface area (Å²) in [6.07, 6.45) is 4.28. The number of benzene rings is 1. The van der Waals surface area contributed by atoms with Crippen molar-refractivity contribution in [1.29, 1.82) is 0 Å². The van der Waals surface area contributed by atoms with Gasteiger partial charge in [-0.2, -0.15) is 0 Å². The largest absolute Gasteiger partial charge is 0.486 e. The number of aryl methyl sites for hydroxylation is 1. The van der Waals surface area contributed by atoms with Crippen LogP contribution in [0.1, 0.15) is 35.8 Å². The van der Waals surface area contributed by atoms with Crippen LogP contribution in [0, 0.1) is 6.92 Å². The fourth-order valence-electron chi connectivity index (χ4n) is 3.59. The average molecular weight is 325 g/mol. The van der Waals surface area contributed by atoms with E-state index in [1.807, 2.05) is 19.2 Å². The molecule has 24 heavy (non-hydrogen) atoms. The van der Waals surface area contributed by atoms with E-state index in [0.717, 1.165) is 37.0 Å². The lowest BCUT2D eigenvalue weighted by Crippen LogP contribution is -2.34. The van der Waals surface area contributed by atoms with Crippen LogP contribution < -0.4 is 9.47 Å². The molecule has 0 N–H and O–H groups in total. The number of hydrogen-bond donors (Lipinski definition) is 0. The number of piperidine rings is 1. The summed E-state index contributed by atoms with van der Waals surface area (Å²) >= 11 is 0. The molecule has 2 aliphatic rings. The lowest BCUT2D eigenvalue weighted by atomic mass is 9.94. The summed E-state index contributed by atoms with van der Waals surface area (Å²) in [5, 5.41) is 0. The van der Waals surface area contributed by atoms with Crippen molar-refractivity contribution in [3.8, 4) is 11.5 Å². The maximum Gasteiger partial charge on any atom is 0.161 e. The molecule has 1 aromatic heterocycles. The monoisotopic (exact) mass is 325 g/mol. The molecule has 5 nitrogen and oxygen atoms in total. The summed E-state index contributed by atoms with van der Waals surface area (Å²) in [6.45, 7) is 6.35. The van der Waals surface area contributed by atoms with E-state index >= 15 is 0 Å². The third kappa shape index (κ3) is 3.36. The fourth-order valence-corrected chi connectivity index (χ4v) is 3.59. The van der Waals surface area contributed by atoms with Gasteiger partial charge in [-0.1, -0.05) is 6.07 Å². The second-order valence-electron chi connectivity index (χ2n) is 6.58. The quantitative estimate of drug-likeness (QED) is 0.868. The third-order valence-corrected chi connectivity index (χ3v) is 4.73. The van der Waals surface area contributed by atoms with Crippen molar-refractivity contribution in [2.75, 3.05) is 26.3 Å². The third-order valence-electron chi connectivity index (χ3n) is 4.73. The molecular formula is C19H23N3O2. The first-order chi connectivity index (χ1) is 11.8. The second-order valence-corrected chi connectivity index (χ2v) is 6.58. The van der Waals surface area contributed by atoms with Crippen molar-refractivity contribution in [1.82, 2.24) is 14.9 Å². The molecule has 1 saturated heterocycles. The standard InChI is InChI=1S/C19H23N3O2/c1-14-20-7-6-17(21-14)16-3-2-8-22(13-16)12-15-4-5-18-19(11-15)24-10-9-23-18/h4-7,11,16H,2-3,8-10,12-13H2,1H3/t16-/m0/s1. The molecule has 0 unspecified atom stereocenters. The van der Waals surface area contributed by atoms with Gasteiger partial charge in [-0.05, 0) is 50.1 Å². The number of hydrogen-bond acceptors (Lipinski definition) is 5. The zero-order valence-electron chi connectivity index (χ0n) is 14.1. The summed E-state index contributed by atoms with van der Waals surface area (Å²) < 4.78 is 11.3. The maximum atomic E-state index is 5.70. The van der Waals surface area contributed by atoms with Crippen molar-refractivity contribution in [3.63, 3.8) is 0 Å². The summed E-state index contributed by atoms with van der Waals surface area (Å²) in [5.74, 6) is 3.09. The Morgan fingerprint density at radius 3 is 2.92 bits per heavy atom. The van der Waals surface area contributed by atoms with Crippen LogP contribution in [0.5, 0.6) is 11.5 Å². The molecular weight excluding hydrogens is 302 g/mol. The highest BCUT2D eigenvalue weighted by Gasteiger charge is 2.23. The van der Waals surface area contributed by atoms with Crippen molar-refractivity contribution in [2.24, 2.45) is 0 Å². The number of fused-ring (bicyclic) bond motifs is 1. The minimum Gasteiger partial charge on any atom is -0.486 e. The van der Waals surface area contributed by atoms with Gasteiger partial charge in [0, 0.05) is 30.9 Å². The van der Waals surface area contributed by atoms with E-state index in [-0.39, 0.29) is 0 Å². The van der Waals surface area contributed by atoms with Gasteiger partial charge in [0.1, 0.15) is 19.0 Å². The van der Waals surface area contributed by atoms with Gasteiger partial charge < -0.3 is 9.47 Å². The minimum absolute atomic E-state index is 0.498. The molecule has 3 heterocycles. The lowest BCUT2D eigenvalue weighted by Gasteiger charge is -2.32. The molecule has 0 saturated carbocycles. The summed E-state index contributed by atoms with van der Waals surface area (Å²) in [7, 11) is 0. The molecule has 5 heteroatoms. The first-order valence-electron chi connectivity index (χ1n) is 8.68. The molecule has 1 fully saturated rings. The number of ether oxygens (including phenoxy) is 2. The van der Waals surface area contributed by atoms with Crippen LogP contribution in [0.25, 0.3) is 0 Å². The van der Waals surface area contributed by atoms with Gasteiger partial charge in [-0.25, -0.2) is 9.97 Å². The molecule has 0 bridgehead atoms. The van der Waals surface area contributed by atoms with Crippen molar-refractivity contribution in [2.45, 2.75) is 32.2 Å². The Kier molecular flexibility index (Phi) is 4.34. The Hall–Kier alpha value is -2.14. The molecule has 0 spiro atoms. The Balaban J connectivity index is 1.45. The molecule has 2 aliphatic heterocycles. The average Bonchev–Trinajstić information content (AvgIpc) is 2.62. The molecule has 0 aliphatic carbocycles. The number of aromatic nitrogens is 2. The molecule has 1 atom stereocenters. The van der Waals surface area contributed by atoms with Crippen molar-refractivity contribution >= 4 is 0 Å². The first kappa shape index (κ1) is 15.4. The van der Waals surface area contributed by atoms with Crippen LogP contribution in [0.4, 0.5) is 0 Å². The highest BCUT2D eigenvalue weighted by molar-refractivity contribution is 5.43. The van der Waals surface area contributed by atoms with Gasteiger partial charge in [0.2, 0.25) is 0 Å². The predicted octanol–water partition coefficient (Wildman–Crippen LogP) is 2.94. The zero-order valence-corrected chi connectivity index (χ0v) is 14.1. The fraction of sp³-hybridized carbons (Fsp3) is 0.474. The molecule has 4 rings (SSSR count). The summed E-state index contributed by atoms with van der Waals surface area (Å²) in [6, 6.07) is 8.35. The van der Waals surface area contributed by atoms with E-state index in [2.05, 4.69) is 33.1 Å². The predicted molar refractivity (Wildman–Crippen MR) is 91.5 cm³/mol. The first-order valence-corrected chi connectivity index (χ1v) is 8.68. The maximum absolute atomic E-state index is 5.70. The van der Waals surface area contributed by atoms with Crippen LogP contribution in [0.2, 0.25) is 0 Å². The minimum atomic E-state index is 0.498. The van der Waals surface area contributed by atoms with Crippen LogP contribution >= 0.6 is 0 Å². The lowest BCUT2D eigenvalue weighted by molar-refractivity contribution is 0.170. The second kappa shape index (κ2) is 6.77. The molecule has 0 amide bonds. The van der Waals surface area contributed by atoms with Crippen LogP contribution in [-0.4, -0.2) is 41.2 Å². The van der Waals surface area contributed by atoms with Crippen molar-refractivity contribution in [3.05, 3.63) is 47.5 Å². The van der Waals surface area contributed by atoms with E-state index in [0.29, 0.717) is 19.1 Å². The summed E-state index contributed by atoms with van der Waals surface area (Å²) in [5.41, 5.74) is 2.45. The van der Waals surface area contributed by atoms with Gasteiger partial charge in [0.05, 0.1) is 0 Å². The highest BCUT2D eigenvalue weighted by atomic mass is 16.6. The van der Waals surface area contributed by atoms with Gasteiger partial charge in [0.25, 0.3) is 0 Å². The zero-order chi connectivity index (χ0) is 16.4. The Labute approximate surface area is 142 Å². The van der Waals surface area contributed by atoms with Crippen LogP contribution in [0.3, 0.4) is 0 Å². The smallest absolute Gasteiger partial charge is 0.161 e. The van der Waals surface area contributed by atoms with Gasteiger partial charge in [-0.3, -0.25) is 4.90 Å².